The molecule has 0 aromatic carbocycles. The Hall–Kier alpha value is -2.31. The molecule has 4 rings (SSSR count). The highest BCUT2D eigenvalue weighted by Crippen LogP contribution is 2.45. The molecule has 2 bridgehead atoms. The van der Waals surface area contributed by atoms with E-state index in [-0.39, 0.29) is 17.5 Å². The fourth-order valence-electron chi connectivity index (χ4n) is 2.37. The lowest BCUT2D eigenvalue weighted by Crippen LogP contribution is -2.70. The molecule has 1 aromatic rings. The molecular weight excluding hydrogens is 234 g/mol. The van der Waals surface area contributed by atoms with Gasteiger partial charge in [-0.1, -0.05) is 6.58 Å². The van der Waals surface area contributed by atoms with E-state index in [0.29, 0.717) is 12.8 Å². The number of hydrogen-bond acceptors (Lipinski definition) is 5. The van der Waals surface area contributed by atoms with Crippen molar-refractivity contribution in [1.82, 2.24) is 25.8 Å². The summed E-state index contributed by atoms with van der Waals surface area (Å²) in [6, 6.07) is 0. The zero-order valence-electron chi connectivity index (χ0n) is 9.51. The smallest absolute Gasteiger partial charge is 0.274 e. The van der Waals surface area contributed by atoms with Crippen LogP contribution in [0.2, 0.25) is 0 Å². The zero-order valence-corrected chi connectivity index (χ0v) is 9.51. The Morgan fingerprint density at radius 2 is 2.33 bits per heavy atom. The molecule has 18 heavy (non-hydrogen) atoms. The van der Waals surface area contributed by atoms with Crippen LogP contribution in [-0.4, -0.2) is 32.5 Å². The number of carbonyl (C=O) groups excluding carboxylic acids is 2. The molecule has 2 saturated heterocycles. The van der Waals surface area contributed by atoms with Gasteiger partial charge >= 0.3 is 0 Å². The Labute approximate surface area is 103 Å². The minimum absolute atomic E-state index is 0.104. The van der Waals surface area contributed by atoms with E-state index < -0.39 is 11.4 Å². The molecule has 0 spiro atoms. The molecule has 7 heteroatoms. The second-order valence-electron chi connectivity index (χ2n) is 4.62. The van der Waals surface area contributed by atoms with E-state index in [0.717, 1.165) is 5.70 Å². The molecule has 0 unspecified atom stereocenters. The lowest BCUT2D eigenvalue weighted by Gasteiger charge is -2.51. The minimum atomic E-state index is -0.819. The standard InChI is InChI=1S/C11H11N5O2/c1-6-7-2-11(3-7,10(18)14-6)15-9(17)8-4-12-5-13-16-8/h4-5,7H,1-3H2,(H,14,18)(H,15,17). The van der Waals surface area contributed by atoms with Crippen LogP contribution in [0, 0.1) is 5.92 Å². The van der Waals surface area contributed by atoms with Crippen LogP contribution in [-0.2, 0) is 4.79 Å². The number of nitrogens with zero attached hydrogens (tertiary/aromatic N) is 3. The molecule has 0 radical (unpaired) electrons. The molecule has 3 aliphatic rings. The topological polar surface area (TPSA) is 96.9 Å². The number of aromatic nitrogens is 3. The maximum atomic E-state index is 11.9. The summed E-state index contributed by atoms with van der Waals surface area (Å²) in [6.45, 7) is 3.77. The molecule has 92 valence electrons. The molecule has 0 atom stereocenters. The molecule has 1 saturated carbocycles. The number of hydrogen-bond donors (Lipinski definition) is 2. The van der Waals surface area contributed by atoms with E-state index in [9.17, 15) is 9.59 Å². The summed E-state index contributed by atoms with van der Waals surface area (Å²) in [5.74, 6) is -0.389. The third-order valence-corrected chi connectivity index (χ3v) is 3.46. The van der Waals surface area contributed by atoms with E-state index in [2.05, 4.69) is 32.4 Å². The number of piperidine rings is 2. The van der Waals surface area contributed by atoms with E-state index in [4.69, 9.17) is 0 Å². The lowest BCUT2D eigenvalue weighted by molar-refractivity contribution is -0.135. The van der Waals surface area contributed by atoms with Crippen molar-refractivity contribution in [3.05, 3.63) is 30.5 Å². The molecule has 7 nitrogen and oxygen atoms in total. The minimum Gasteiger partial charge on any atom is -0.336 e. The van der Waals surface area contributed by atoms with Crippen molar-refractivity contribution in [2.24, 2.45) is 5.92 Å². The number of nitrogens with one attached hydrogen (secondary N) is 2. The van der Waals surface area contributed by atoms with Crippen LogP contribution in [0.5, 0.6) is 0 Å². The summed E-state index contributed by atoms with van der Waals surface area (Å²) >= 11 is 0. The highest BCUT2D eigenvalue weighted by atomic mass is 16.2. The van der Waals surface area contributed by atoms with Crippen molar-refractivity contribution in [3.63, 3.8) is 0 Å². The second kappa shape index (κ2) is 3.59. The summed E-state index contributed by atoms with van der Waals surface area (Å²) in [5.41, 5.74) is 0.0188. The van der Waals surface area contributed by atoms with Gasteiger partial charge in [0, 0.05) is 11.6 Å². The normalized spacial score (nSPS) is 29.2. The number of allylic oxidation sites excluding steroid dienone is 1. The molecule has 3 fully saturated rings. The van der Waals surface area contributed by atoms with Gasteiger partial charge in [0.1, 0.15) is 11.9 Å². The summed E-state index contributed by atoms with van der Waals surface area (Å²) in [5, 5.41) is 12.6. The Bertz CT molecular complexity index is 536. The van der Waals surface area contributed by atoms with Gasteiger partial charge in [-0.15, -0.1) is 10.2 Å². The van der Waals surface area contributed by atoms with Gasteiger partial charge in [-0.2, -0.15) is 0 Å². The van der Waals surface area contributed by atoms with Crippen molar-refractivity contribution in [3.8, 4) is 0 Å². The van der Waals surface area contributed by atoms with Crippen LogP contribution in [0.4, 0.5) is 0 Å². The molecule has 1 aliphatic carbocycles. The molecule has 2 amide bonds. The van der Waals surface area contributed by atoms with Gasteiger partial charge in [0.15, 0.2) is 5.69 Å². The predicted octanol–water partition coefficient (Wildman–Crippen LogP) is -0.606. The summed E-state index contributed by atoms with van der Waals surface area (Å²) in [4.78, 5) is 27.5. The fraction of sp³-hybridized carbons (Fsp3) is 0.364. The Kier molecular flexibility index (Phi) is 2.16. The summed E-state index contributed by atoms with van der Waals surface area (Å²) in [7, 11) is 0. The van der Waals surface area contributed by atoms with Crippen LogP contribution >= 0.6 is 0 Å². The Morgan fingerprint density at radius 1 is 1.56 bits per heavy atom. The highest BCUT2D eigenvalue weighted by molar-refractivity contribution is 5.99. The third kappa shape index (κ3) is 1.47. The first-order chi connectivity index (χ1) is 8.61. The van der Waals surface area contributed by atoms with Gasteiger partial charge in [-0.3, -0.25) is 9.59 Å². The first-order valence-electron chi connectivity index (χ1n) is 5.56. The quantitative estimate of drug-likeness (QED) is 0.724. The maximum absolute atomic E-state index is 11.9. The number of carbonyl (C=O) groups is 2. The average Bonchev–Trinajstić information content (AvgIpc) is 2.32. The van der Waals surface area contributed by atoms with Crippen LogP contribution in [0.25, 0.3) is 0 Å². The van der Waals surface area contributed by atoms with Crippen molar-refractivity contribution in [1.29, 1.82) is 0 Å². The van der Waals surface area contributed by atoms with E-state index in [1.807, 2.05) is 0 Å². The van der Waals surface area contributed by atoms with Crippen molar-refractivity contribution in [2.75, 3.05) is 0 Å². The number of amides is 2. The summed E-state index contributed by atoms with van der Waals surface area (Å²) < 4.78 is 0. The largest absolute Gasteiger partial charge is 0.336 e. The molecule has 3 heterocycles. The SMILES string of the molecule is C=C1NC(=O)C2(NC(=O)c3cncnn3)CC1C2. The van der Waals surface area contributed by atoms with Gasteiger partial charge in [-0.05, 0) is 12.8 Å². The monoisotopic (exact) mass is 245 g/mol. The van der Waals surface area contributed by atoms with Gasteiger partial charge in [-0.25, -0.2) is 4.98 Å². The predicted molar refractivity (Wildman–Crippen MR) is 60.0 cm³/mol. The molecule has 1 aromatic heterocycles. The number of rotatable bonds is 2. The van der Waals surface area contributed by atoms with E-state index in [1.54, 1.807) is 0 Å². The van der Waals surface area contributed by atoms with Crippen molar-refractivity contribution in [2.45, 2.75) is 18.4 Å². The van der Waals surface area contributed by atoms with Crippen LogP contribution < -0.4 is 10.6 Å². The van der Waals surface area contributed by atoms with E-state index >= 15 is 0 Å². The van der Waals surface area contributed by atoms with Crippen LogP contribution in [0.1, 0.15) is 23.3 Å². The Balaban J connectivity index is 1.77. The molecule has 2 aliphatic heterocycles. The second-order valence-corrected chi connectivity index (χ2v) is 4.62. The van der Waals surface area contributed by atoms with Crippen LogP contribution in [0.15, 0.2) is 24.8 Å². The average molecular weight is 245 g/mol. The fourth-order valence-corrected chi connectivity index (χ4v) is 2.37. The van der Waals surface area contributed by atoms with E-state index in [1.165, 1.54) is 12.5 Å². The van der Waals surface area contributed by atoms with Gasteiger partial charge in [0.25, 0.3) is 5.91 Å². The number of fused-ring (bicyclic) bond motifs is 2. The van der Waals surface area contributed by atoms with Gasteiger partial charge in [0.05, 0.1) is 6.20 Å². The van der Waals surface area contributed by atoms with Gasteiger partial charge < -0.3 is 10.6 Å². The van der Waals surface area contributed by atoms with Crippen LogP contribution in [0.3, 0.4) is 0 Å². The zero-order chi connectivity index (χ0) is 12.8. The lowest BCUT2D eigenvalue weighted by atomic mass is 9.63. The third-order valence-electron chi connectivity index (χ3n) is 3.46. The van der Waals surface area contributed by atoms with Crippen molar-refractivity contribution >= 4 is 11.8 Å². The van der Waals surface area contributed by atoms with Crippen molar-refractivity contribution < 1.29 is 9.59 Å². The molecular formula is C11H11N5O2. The first-order valence-corrected chi connectivity index (χ1v) is 5.56. The van der Waals surface area contributed by atoms with Gasteiger partial charge in [0.2, 0.25) is 5.91 Å². The first kappa shape index (κ1) is 10.8. The Morgan fingerprint density at radius 3 is 2.94 bits per heavy atom. The summed E-state index contributed by atoms with van der Waals surface area (Å²) in [6.07, 6.45) is 3.74. The maximum Gasteiger partial charge on any atom is 0.274 e. The molecule has 2 N–H and O–H groups in total. The highest BCUT2D eigenvalue weighted by Gasteiger charge is 2.56.